The predicted octanol–water partition coefficient (Wildman–Crippen LogP) is 1.34. The van der Waals surface area contributed by atoms with Crippen molar-refractivity contribution in [2.45, 2.75) is 26.4 Å². The Kier molecular flexibility index (Phi) is 3.07. The van der Waals surface area contributed by atoms with Crippen molar-refractivity contribution in [1.29, 1.82) is 5.26 Å². The van der Waals surface area contributed by atoms with E-state index < -0.39 is 0 Å². The van der Waals surface area contributed by atoms with Crippen LogP contribution in [0.3, 0.4) is 0 Å². The van der Waals surface area contributed by atoms with Gasteiger partial charge in [0.25, 0.3) is 0 Å². The first-order valence-corrected chi connectivity index (χ1v) is 4.29. The van der Waals surface area contributed by atoms with Gasteiger partial charge in [0, 0.05) is 6.61 Å². The second-order valence-corrected chi connectivity index (χ2v) is 3.55. The summed E-state index contributed by atoms with van der Waals surface area (Å²) in [5, 5.41) is 8.92. The maximum atomic E-state index is 8.92. The largest absolute Gasteiger partial charge is 0.380 e. The minimum absolute atomic E-state index is 0.191. The van der Waals surface area contributed by atoms with Gasteiger partial charge in [-0.25, -0.2) is 0 Å². The lowest BCUT2D eigenvalue weighted by Crippen LogP contribution is -2.27. The molecular weight excluding hydrogens is 154 g/mol. The van der Waals surface area contributed by atoms with Crippen molar-refractivity contribution in [2.24, 2.45) is 5.41 Å². The Labute approximate surface area is 73.3 Å². The lowest BCUT2D eigenvalue weighted by atomic mass is 9.90. The molecule has 0 radical (unpaired) electrons. The quantitative estimate of drug-likeness (QED) is 0.640. The number of hydrogen-bond donors (Lipinski definition) is 0. The van der Waals surface area contributed by atoms with Gasteiger partial charge >= 0.3 is 0 Å². The van der Waals surface area contributed by atoms with Gasteiger partial charge in [0.2, 0.25) is 0 Å². The molecular formula is C9H15NO2. The lowest BCUT2D eigenvalue weighted by molar-refractivity contribution is 0.0241. The summed E-state index contributed by atoms with van der Waals surface area (Å²) in [5.41, 5.74) is -0.371. The van der Waals surface area contributed by atoms with E-state index in [1.165, 1.54) is 0 Å². The van der Waals surface area contributed by atoms with Gasteiger partial charge < -0.3 is 9.47 Å². The molecule has 0 aliphatic carbocycles. The molecule has 1 rings (SSSR count). The Bertz CT molecular complexity index is 177. The van der Waals surface area contributed by atoms with Gasteiger partial charge in [-0.15, -0.1) is 0 Å². The third-order valence-electron chi connectivity index (χ3n) is 2.03. The average Bonchev–Trinajstić information content (AvgIpc) is 2.50. The summed E-state index contributed by atoms with van der Waals surface area (Å²) in [6.45, 7) is 5.66. The first-order chi connectivity index (χ1) is 5.68. The van der Waals surface area contributed by atoms with Crippen LogP contribution in [-0.4, -0.2) is 25.9 Å². The molecule has 1 atom stereocenters. The summed E-state index contributed by atoms with van der Waals surface area (Å²) in [6.07, 6.45) is 0.992. The Balaban J connectivity index is 2.41. The summed E-state index contributed by atoms with van der Waals surface area (Å²) in [4.78, 5) is 0. The molecule has 1 aliphatic heterocycles. The molecule has 0 amide bonds. The maximum Gasteiger partial charge on any atom is 0.106 e. The van der Waals surface area contributed by atoms with Crippen molar-refractivity contribution in [3.05, 3.63) is 0 Å². The SMILES string of the molecule is CC(C)OCC1(C#N)CCOC1. The van der Waals surface area contributed by atoms with Crippen LogP contribution < -0.4 is 0 Å². The summed E-state index contributed by atoms with van der Waals surface area (Å²) in [7, 11) is 0. The molecule has 1 fully saturated rings. The standard InChI is InChI=1S/C9H15NO2/c1-8(2)12-7-9(5-10)3-4-11-6-9/h8H,3-4,6-7H2,1-2H3. The summed E-state index contributed by atoms with van der Waals surface area (Å²) in [6, 6.07) is 2.28. The fourth-order valence-corrected chi connectivity index (χ4v) is 1.17. The molecule has 0 N–H and O–H groups in total. The fourth-order valence-electron chi connectivity index (χ4n) is 1.17. The number of nitrogens with zero attached hydrogens (tertiary/aromatic N) is 1. The fraction of sp³-hybridized carbons (Fsp3) is 0.889. The topological polar surface area (TPSA) is 42.2 Å². The third kappa shape index (κ3) is 2.20. The highest BCUT2D eigenvalue weighted by Crippen LogP contribution is 2.28. The van der Waals surface area contributed by atoms with Crippen LogP contribution in [0.25, 0.3) is 0 Å². The molecule has 1 unspecified atom stereocenters. The molecule has 3 nitrogen and oxygen atoms in total. The van der Waals surface area contributed by atoms with Gasteiger partial charge in [0.05, 0.1) is 25.4 Å². The van der Waals surface area contributed by atoms with Crippen LogP contribution in [0.2, 0.25) is 0 Å². The smallest absolute Gasteiger partial charge is 0.106 e. The predicted molar refractivity (Wildman–Crippen MR) is 44.6 cm³/mol. The molecule has 3 heteroatoms. The van der Waals surface area contributed by atoms with E-state index in [4.69, 9.17) is 14.7 Å². The minimum atomic E-state index is -0.371. The normalized spacial score (nSPS) is 29.2. The van der Waals surface area contributed by atoms with Crippen LogP contribution in [0.1, 0.15) is 20.3 Å². The number of nitriles is 1. The van der Waals surface area contributed by atoms with Crippen molar-refractivity contribution in [3.63, 3.8) is 0 Å². The highest BCUT2D eigenvalue weighted by molar-refractivity contribution is 5.01. The van der Waals surface area contributed by atoms with E-state index in [-0.39, 0.29) is 11.5 Å². The average molecular weight is 169 g/mol. The number of hydrogen-bond acceptors (Lipinski definition) is 3. The third-order valence-corrected chi connectivity index (χ3v) is 2.03. The molecule has 0 aromatic rings. The number of ether oxygens (including phenoxy) is 2. The monoisotopic (exact) mass is 169 g/mol. The first-order valence-electron chi connectivity index (χ1n) is 4.29. The minimum Gasteiger partial charge on any atom is -0.380 e. The second kappa shape index (κ2) is 3.88. The Hall–Kier alpha value is -0.590. The van der Waals surface area contributed by atoms with E-state index >= 15 is 0 Å². The van der Waals surface area contributed by atoms with Gasteiger partial charge in [-0.05, 0) is 20.3 Å². The molecule has 0 saturated carbocycles. The molecule has 0 bridgehead atoms. The molecule has 68 valence electrons. The first kappa shape index (κ1) is 9.50. The van der Waals surface area contributed by atoms with E-state index in [1.54, 1.807) is 0 Å². The number of rotatable bonds is 3. The van der Waals surface area contributed by atoms with E-state index in [0.717, 1.165) is 6.42 Å². The highest BCUT2D eigenvalue weighted by atomic mass is 16.5. The van der Waals surface area contributed by atoms with Crippen molar-refractivity contribution in [3.8, 4) is 6.07 Å². The lowest BCUT2D eigenvalue weighted by Gasteiger charge is -2.19. The van der Waals surface area contributed by atoms with Gasteiger partial charge in [-0.1, -0.05) is 0 Å². The van der Waals surface area contributed by atoms with Crippen LogP contribution in [0, 0.1) is 16.7 Å². The van der Waals surface area contributed by atoms with E-state index in [2.05, 4.69) is 6.07 Å². The van der Waals surface area contributed by atoms with Crippen LogP contribution in [-0.2, 0) is 9.47 Å². The summed E-state index contributed by atoms with van der Waals surface area (Å²) < 4.78 is 10.6. The summed E-state index contributed by atoms with van der Waals surface area (Å²) in [5.74, 6) is 0. The van der Waals surface area contributed by atoms with Crippen molar-refractivity contribution in [1.82, 2.24) is 0 Å². The molecule has 12 heavy (non-hydrogen) atoms. The zero-order valence-corrected chi connectivity index (χ0v) is 7.67. The highest BCUT2D eigenvalue weighted by Gasteiger charge is 2.35. The van der Waals surface area contributed by atoms with Crippen LogP contribution in [0.5, 0.6) is 0 Å². The van der Waals surface area contributed by atoms with Gasteiger partial charge in [-0.2, -0.15) is 5.26 Å². The molecule has 0 spiro atoms. The van der Waals surface area contributed by atoms with Gasteiger partial charge in [0.1, 0.15) is 5.41 Å². The molecule has 0 aromatic heterocycles. The van der Waals surface area contributed by atoms with Gasteiger partial charge in [-0.3, -0.25) is 0 Å². The van der Waals surface area contributed by atoms with Gasteiger partial charge in [0.15, 0.2) is 0 Å². The Morgan fingerprint density at radius 1 is 1.67 bits per heavy atom. The van der Waals surface area contributed by atoms with Crippen molar-refractivity contribution >= 4 is 0 Å². The van der Waals surface area contributed by atoms with Crippen molar-refractivity contribution < 1.29 is 9.47 Å². The van der Waals surface area contributed by atoms with E-state index in [9.17, 15) is 0 Å². The van der Waals surface area contributed by atoms with Crippen LogP contribution in [0.15, 0.2) is 0 Å². The molecule has 1 saturated heterocycles. The van der Waals surface area contributed by atoms with Crippen LogP contribution in [0.4, 0.5) is 0 Å². The molecule has 0 aromatic carbocycles. The maximum absolute atomic E-state index is 8.92. The van der Waals surface area contributed by atoms with Crippen LogP contribution >= 0.6 is 0 Å². The second-order valence-electron chi connectivity index (χ2n) is 3.55. The molecule has 1 heterocycles. The van der Waals surface area contributed by atoms with E-state index in [0.29, 0.717) is 19.8 Å². The molecule has 1 aliphatic rings. The summed E-state index contributed by atoms with van der Waals surface area (Å²) >= 11 is 0. The Morgan fingerprint density at radius 2 is 2.42 bits per heavy atom. The zero-order chi connectivity index (χ0) is 9.03. The van der Waals surface area contributed by atoms with E-state index in [1.807, 2.05) is 13.8 Å². The zero-order valence-electron chi connectivity index (χ0n) is 7.67. The Morgan fingerprint density at radius 3 is 2.83 bits per heavy atom. The van der Waals surface area contributed by atoms with Crippen molar-refractivity contribution in [2.75, 3.05) is 19.8 Å².